The second-order valence-electron chi connectivity index (χ2n) is 6.25. The zero-order valence-corrected chi connectivity index (χ0v) is 15.4. The molecule has 0 spiro atoms. The lowest BCUT2D eigenvalue weighted by Gasteiger charge is -2.27. The summed E-state index contributed by atoms with van der Waals surface area (Å²) < 4.78 is 11.0. The lowest BCUT2D eigenvalue weighted by atomic mass is 10.1. The number of amides is 2. The maximum absolute atomic E-state index is 12.8. The van der Waals surface area contributed by atoms with E-state index >= 15 is 0 Å². The van der Waals surface area contributed by atoms with Gasteiger partial charge in [-0.25, -0.2) is 0 Å². The molecule has 1 N–H and O–H groups in total. The molecule has 0 atom stereocenters. The first-order valence-electron chi connectivity index (χ1n) is 9.20. The average Bonchev–Trinajstić information content (AvgIpc) is 2.73. The Morgan fingerprint density at radius 1 is 1.04 bits per heavy atom. The van der Waals surface area contributed by atoms with Crippen molar-refractivity contribution < 1.29 is 19.1 Å². The highest BCUT2D eigenvalue weighted by Gasteiger charge is 2.22. The highest BCUT2D eigenvalue weighted by molar-refractivity contribution is 6.10. The first kappa shape index (κ1) is 18.9. The Labute approximate surface area is 159 Å². The fourth-order valence-electron chi connectivity index (χ4n) is 2.90. The predicted octanol–water partition coefficient (Wildman–Crippen LogP) is 3.20. The van der Waals surface area contributed by atoms with E-state index in [0.29, 0.717) is 55.5 Å². The molecule has 1 aliphatic heterocycles. The average molecular weight is 368 g/mol. The molecule has 27 heavy (non-hydrogen) atoms. The van der Waals surface area contributed by atoms with Crippen LogP contribution in [0.2, 0.25) is 0 Å². The molecule has 6 heteroatoms. The van der Waals surface area contributed by atoms with Crippen LogP contribution in [0.1, 0.15) is 34.1 Å². The lowest BCUT2D eigenvalue weighted by molar-refractivity contribution is 0.0303. The first-order valence-corrected chi connectivity index (χ1v) is 9.20. The van der Waals surface area contributed by atoms with E-state index in [9.17, 15) is 9.59 Å². The van der Waals surface area contributed by atoms with Crippen molar-refractivity contribution >= 4 is 17.5 Å². The second kappa shape index (κ2) is 9.19. The molecule has 0 aliphatic carbocycles. The maximum Gasteiger partial charge on any atom is 0.259 e. The molecular formula is C21H24N2O4. The molecule has 2 aromatic rings. The van der Waals surface area contributed by atoms with Crippen LogP contribution < -0.4 is 10.1 Å². The molecule has 1 fully saturated rings. The molecule has 0 unspecified atom stereocenters. The summed E-state index contributed by atoms with van der Waals surface area (Å²) in [4.78, 5) is 27.4. The van der Waals surface area contributed by atoms with Crippen LogP contribution >= 0.6 is 0 Å². The van der Waals surface area contributed by atoms with E-state index in [2.05, 4.69) is 5.32 Å². The van der Waals surface area contributed by atoms with Gasteiger partial charge in [-0.2, -0.15) is 0 Å². The Hall–Kier alpha value is -2.86. The number of ether oxygens (including phenoxy) is 2. The van der Waals surface area contributed by atoms with Crippen molar-refractivity contribution in [2.45, 2.75) is 13.3 Å². The van der Waals surface area contributed by atoms with Crippen molar-refractivity contribution in [1.82, 2.24) is 4.90 Å². The zero-order chi connectivity index (χ0) is 19.1. The van der Waals surface area contributed by atoms with E-state index in [4.69, 9.17) is 9.47 Å². The monoisotopic (exact) mass is 368 g/mol. The summed E-state index contributed by atoms with van der Waals surface area (Å²) in [7, 11) is 0. The topological polar surface area (TPSA) is 67.9 Å². The number of rotatable bonds is 6. The molecule has 0 aromatic heterocycles. The maximum atomic E-state index is 12.8. The van der Waals surface area contributed by atoms with E-state index in [1.165, 1.54) is 0 Å². The summed E-state index contributed by atoms with van der Waals surface area (Å²) in [5.41, 5.74) is 1.41. The van der Waals surface area contributed by atoms with Gasteiger partial charge in [-0.15, -0.1) is 0 Å². The van der Waals surface area contributed by atoms with E-state index in [0.717, 1.165) is 6.42 Å². The Bertz CT molecular complexity index is 800. The standard InChI is InChI=1S/C21H24N2O4/c1-2-13-27-19-10-6-4-8-17(19)20(24)22-18-9-5-3-7-16(18)21(25)23-11-14-26-15-12-23/h3-10H,2,11-15H2,1H3,(H,22,24). The molecule has 1 heterocycles. The van der Waals surface area contributed by atoms with E-state index in [1.807, 2.05) is 13.0 Å². The Kier molecular flexibility index (Phi) is 6.44. The SMILES string of the molecule is CCCOc1ccccc1C(=O)Nc1ccccc1C(=O)N1CCOCC1. The summed E-state index contributed by atoms with van der Waals surface area (Å²) in [5, 5.41) is 2.87. The highest BCUT2D eigenvalue weighted by Crippen LogP contribution is 2.23. The van der Waals surface area contributed by atoms with Crippen LogP contribution in [0.15, 0.2) is 48.5 Å². The normalized spacial score (nSPS) is 13.9. The third-order valence-corrected chi connectivity index (χ3v) is 4.30. The minimum atomic E-state index is -0.302. The Morgan fingerprint density at radius 3 is 2.44 bits per heavy atom. The third kappa shape index (κ3) is 4.65. The van der Waals surface area contributed by atoms with Crippen LogP contribution in [0.3, 0.4) is 0 Å². The van der Waals surface area contributed by atoms with Crippen molar-refractivity contribution in [1.29, 1.82) is 0 Å². The number of nitrogens with zero attached hydrogens (tertiary/aromatic N) is 1. The summed E-state index contributed by atoms with van der Waals surface area (Å²) in [6, 6.07) is 14.2. The number of carbonyl (C=O) groups excluding carboxylic acids is 2. The number of hydrogen-bond donors (Lipinski definition) is 1. The van der Waals surface area contributed by atoms with E-state index in [-0.39, 0.29) is 11.8 Å². The van der Waals surface area contributed by atoms with Gasteiger partial charge in [-0.05, 0) is 30.7 Å². The van der Waals surface area contributed by atoms with Gasteiger partial charge in [0, 0.05) is 13.1 Å². The van der Waals surface area contributed by atoms with Crippen molar-refractivity contribution in [3.05, 3.63) is 59.7 Å². The van der Waals surface area contributed by atoms with Crippen molar-refractivity contribution in [3.8, 4) is 5.75 Å². The molecule has 0 saturated carbocycles. The van der Waals surface area contributed by atoms with Gasteiger partial charge < -0.3 is 19.7 Å². The van der Waals surface area contributed by atoms with Gasteiger partial charge >= 0.3 is 0 Å². The van der Waals surface area contributed by atoms with Crippen LogP contribution in [-0.2, 0) is 4.74 Å². The van der Waals surface area contributed by atoms with Crippen LogP contribution in [0.4, 0.5) is 5.69 Å². The minimum Gasteiger partial charge on any atom is -0.493 e. The number of nitrogens with one attached hydrogen (secondary N) is 1. The minimum absolute atomic E-state index is 0.107. The van der Waals surface area contributed by atoms with E-state index in [1.54, 1.807) is 47.4 Å². The van der Waals surface area contributed by atoms with Crippen LogP contribution in [0.5, 0.6) is 5.75 Å². The molecule has 1 saturated heterocycles. The molecule has 3 rings (SSSR count). The van der Waals surface area contributed by atoms with Crippen molar-refractivity contribution in [3.63, 3.8) is 0 Å². The van der Waals surface area contributed by atoms with Gasteiger partial charge in [0.1, 0.15) is 5.75 Å². The fourth-order valence-corrected chi connectivity index (χ4v) is 2.90. The largest absolute Gasteiger partial charge is 0.493 e. The Morgan fingerprint density at radius 2 is 1.70 bits per heavy atom. The van der Waals surface area contributed by atoms with Crippen molar-refractivity contribution in [2.24, 2.45) is 0 Å². The quantitative estimate of drug-likeness (QED) is 0.850. The summed E-state index contributed by atoms with van der Waals surface area (Å²) in [6.07, 6.45) is 0.854. The van der Waals surface area contributed by atoms with Gasteiger partial charge in [0.15, 0.2) is 0 Å². The third-order valence-electron chi connectivity index (χ3n) is 4.30. The van der Waals surface area contributed by atoms with Crippen molar-refractivity contribution in [2.75, 3.05) is 38.2 Å². The van der Waals surface area contributed by atoms with Gasteiger partial charge in [0.25, 0.3) is 11.8 Å². The smallest absolute Gasteiger partial charge is 0.259 e. The Balaban J connectivity index is 1.80. The summed E-state index contributed by atoms with van der Waals surface area (Å²) in [6.45, 7) is 4.71. The molecule has 2 aromatic carbocycles. The van der Waals surface area contributed by atoms with Gasteiger partial charge in [-0.1, -0.05) is 31.2 Å². The summed E-state index contributed by atoms with van der Waals surface area (Å²) >= 11 is 0. The van der Waals surface area contributed by atoms with Crippen LogP contribution in [0.25, 0.3) is 0 Å². The molecule has 0 bridgehead atoms. The number of carbonyl (C=O) groups is 2. The van der Waals surface area contributed by atoms with E-state index < -0.39 is 0 Å². The van der Waals surface area contributed by atoms with Gasteiger partial charge in [0.05, 0.1) is 36.6 Å². The molecule has 1 aliphatic rings. The van der Waals surface area contributed by atoms with Gasteiger partial charge in [-0.3, -0.25) is 9.59 Å². The molecule has 6 nitrogen and oxygen atoms in total. The predicted molar refractivity (Wildman–Crippen MR) is 103 cm³/mol. The van der Waals surface area contributed by atoms with Crippen LogP contribution in [-0.4, -0.2) is 49.6 Å². The first-order chi connectivity index (χ1) is 13.2. The second-order valence-corrected chi connectivity index (χ2v) is 6.25. The van der Waals surface area contributed by atoms with Crippen LogP contribution in [0, 0.1) is 0 Å². The molecular weight excluding hydrogens is 344 g/mol. The molecule has 142 valence electrons. The lowest BCUT2D eigenvalue weighted by Crippen LogP contribution is -2.41. The zero-order valence-electron chi connectivity index (χ0n) is 15.4. The fraction of sp³-hybridized carbons (Fsp3) is 0.333. The number of hydrogen-bond acceptors (Lipinski definition) is 4. The molecule has 2 amide bonds. The van der Waals surface area contributed by atoms with Gasteiger partial charge in [0.2, 0.25) is 0 Å². The summed E-state index contributed by atoms with van der Waals surface area (Å²) in [5.74, 6) is 0.127. The number of para-hydroxylation sites is 2. The molecule has 0 radical (unpaired) electrons. The number of morpholine rings is 1. The number of anilines is 1. The highest BCUT2D eigenvalue weighted by atomic mass is 16.5. The number of benzene rings is 2.